The zero-order valence-electron chi connectivity index (χ0n) is 8.86. The molecular weight excluding hydrogens is 280 g/mol. The maximum Gasteiger partial charge on any atom is 0.328 e. The molecule has 1 heterocycles. The van der Waals surface area contributed by atoms with Crippen molar-refractivity contribution in [1.82, 2.24) is 9.55 Å². The number of nitrogens with zero attached hydrogens (tertiary/aromatic N) is 1. The summed E-state index contributed by atoms with van der Waals surface area (Å²) in [5.41, 5.74) is -0.870. The molecule has 0 amide bonds. The summed E-state index contributed by atoms with van der Waals surface area (Å²) in [7, 11) is 1.59. The predicted octanol–water partition coefficient (Wildman–Crippen LogP) is -0.0379. The third-order valence-electron chi connectivity index (χ3n) is 1.88. The monoisotopic (exact) mass is 292 g/mol. The average Bonchev–Trinajstić information content (AvgIpc) is 2.25. The molecule has 0 saturated heterocycles. The van der Waals surface area contributed by atoms with E-state index in [4.69, 9.17) is 9.47 Å². The van der Waals surface area contributed by atoms with E-state index in [1.165, 1.54) is 10.8 Å². The highest BCUT2D eigenvalue weighted by molar-refractivity contribution is 9.10. The Morgan fingerprint density at radius 2 is 2.12 bits per heavy atom. The molecule has 90 valence electrons. The first kappa shape index (κ1) is 13.1. The van der Waals surface area contributed by atoms with Crippen LogP contribution >= 0.6 is 15.9 Å². The molecule has 0 fully saturated rings. The molecule has 0 atom stereocenters. The number of hydrogen-bond acceptors (Lipinski definition) is 4. The van der Waals surface area contributed by atoms with E-state index in [2.05, 4.69) is 20.9 Å². The fourth-order valence-corrected chi connectivity index (χ4v) is 1.40. The number of methoxy groups -OCH3 is 1. The molecule has 0 radical (unpaired) electrons. The van der Waals surface area contributed by atoms with Gasteiger partial charge in [0.25, 0.3) is 5.56 Å². The van der Waals surface area contributed by atoms with E-state index in [0.29, 0.717) is 30.8 Å². The molecule has 1 aromatic heterocycles. The van der Waals surface area contributed by atoms with Crippen molar-refractivity contribution in [1.29, 1.82) is 0 Å². The van der Waals surface area contributed by atoms with Gasteiger partial charge in [0, 0.05) is 13.3 Å². The van der Waals surface area contributed by atoms with E-state index in [-0.39, 0.29) is 0 Å². The zero-order valence-corrected chi connectivity index (χ0v) is 10.4. The van der Waals surface area contributed by atoms with Crippen LogP contribution in [0.4, 0.5) is 0 Å². The van der Waals surface area contributed by atoms with Crippen LogP contribution in [-0.2, 0) is 16.0 Å². The van der Waals surface area contributed by atoms with Gasteiger partial charge in [-0.2, -0.15) is 0 Å². The summed E-state index contributed by atoms with van der Waals surface area (Å²) in [5.74, 6) is 0. The third kappa shape index (κ3) is 3.92. The first-order valence-electron chi connectivity index (χ1n) is 4.71. The summed E-state index contributed by atoms with van der Waals surface area (Å²) in [5, 5.41) is 0. The van der Waals surface area contributed by atoms with Gasteiger partial charge in [0.2, 0.25) is 0 Å². The first-order chi connectivity index (χ1) is 7.65. The molecule has 1 N–H and O–H groups in total. The van der Waals surface area contributed by atoms with Crippen LogP contribution in [0.15, 0.2) is 20.3 Å². The van der Waals surface area contributed by atoms with Crippen molar-refractivity contribution >= 4 is 15.9 Å². The molecule has 1 rings (SSSR count). The first-order valence-corrected chi connectivity index (χ1v) is 5.50. The molecule has 1 aromatic rings. The number of halogens is 1. The second kappa shape index (κ2) is 6.62. The van der Waals surface area contributed by atoms with Crippen molar-refractivity contribution in [2.45, 2.75) is 6.54 Å². The highest BCUT2D eigenvalue weighted by atomic mass is 79.9. The van der Waals surface area contributed by atoms with E-state index >= 15 is 0 Å². The molecule has 6 nitrogen and oxygen atoms in total. The second-order valence-corrected chi connectivity index (χ2v) is 3.89. The number of H-pyrrole nitrogens is 1. The highest BCUT2D eigenvalue weighted by Crippen LogP contribution is 1.97. The van der Waals surface area contributed by atoms with Gasteiger partial charge < -0.3 is 9.47 Å². The largest absolute Gasteiger partial charge is 0.382 e. The van der Waals surface area contributed by atoms with E-state index in [9.17, 15) is 9.59 Å². The number of hydrogen-bond donors (Lipinski definition) is 1. The summed E-state index contributed by atoms with van der Waals surface area (Å²) in [6, 6.07) is 0. The van der Waals surface area contributed by atoms with Gasteiger partial charge in [-0.25, -0.2) is 4.79 Å². The van der Waals surface area contributed by atoms with E-state index in [0.717, 1.165) is 0 Å². The van der Waals surface area contributed by atoms with Gasteiger partial charge >= 0.3 is 5.69 Å². The molecule has 0 aliphatic rings. The quantitative estimate of drug-likeness (QED) is 0.747. The summed E-state index contributed by atoms with van der Waals surface area (Å²) in [6.07, 6.45) is 1.45. The Hall–Kier alpha value is -0.920. The summed E-state index contributed by atoms with van der Waals surface area (Å²) in [6.45, 7) is 1.78. The third-order valence-corrected chi connectivity index (χ3v) is 2.44. The summed E-state index contributed by atoms with van der Waals surface area (Å²) < 4.78 is 11.7. The molecule has 0 bridgehead atoms. The lowest BCUT2D eigenvalue weighted by atomic mass is 10.6. The number of aromatic nitrogens is 2. The Morgan fingerprint density at radius 3 is 2.81 bits per heavy atom. The fraction of sp³-hybridized carbons (Fsp3) is 0.556. The summed E-state index contributed by atoms with van der Waals surface area (Å²) >= 11 is 3.05. The molecule has 0 saturated carbocycles. The van der Waals surface area contributed by atoms with Gasteiger partial charge in [-0.05, 0) is 15.9 Å². The Labute approximate surface area is 100 Å². The Balaban J connectivity index is 2.51. The standard InChI is InChI=1S/C9H13BrN2O4/c1-15-4-5-16-3-2-12-6-7(10)8(13)11-9(12)14/h6H,2-5H2,1H3,(H,11,13,14). The average molecular weight is 293 g/mol. The summed E-state index contributed by atoms with van der Waals surface area (Å²) in [4.78, 5) is 24.5. The number of aromatic amines is 1. The molecular formula is C9H13BrN2O4. The van der Waals surface area contributed by atoms with Gasteiger partial charge in [-0.1, -0.05) is 0 Å². The van der Waals surface area contributed by atoms with Crippen molar-refractivity contribution in [3.8, 4) is 0 Å². The Kier molecular flexibility index (Phi) is 5.44. The normalized spacial score (nSPS) is 10.6. The smallest absolute Gasteiger partial charge is 0.328 e. The number of rotatable bonds is 6. The van der Waals surface area contributed by atoms with Gasteiger partial charge in [0.1, 0.15) is 0 Å². The zero-order chi connectivity index (χ0) is 12.0. The lowest BCUT2D eigenvalue weighted by Crippen LogP contribution is -2.31. The van der Waals surface area contributed by atoms with Gasteiger partial charge in [-0.15, -0.1) is 0 Å². The molecule has 7 heteroatoms. The number of nitrogens with one attached hydrogen (secondary N) is 1. The minimum Gasteiger partial charge on any atom is -0.382 e. The molecule has 0 aliphatic heterocycles. The van der Waals surface area contributed by atoms with Crippen LogP contribution in [0.2, 0.25) is 0 Å². The van der Waals surface area contributed by atoms with Crippen LogP contribution < -0.4 is 11.2 Å². The number of ether oxygens (including phenoxy) is 2. The maximum absolute atomic E-state index is 11.3. The van der Waals surface area contributed by atoms with E-state index < -0.39 is 11.2 Å². The lowest BCUT2D eigenvalue weighted by Gasteiger charge is -2.06. The van der Waals surface area contributed by atoms with Gasteiger partial charge in [0.05, 0.1) is 30.8 Å². The molecule has 0 aliphatic carbocycles. The molecule has 0 spiro atoms. The van der Waals surface area contributed by atoms with Crippen molar-refractivity contribution in [3.05, 3.63) is 31.5 Å². The minimum atomic E-state index is -0.441. The molecule has 0 aromatic carbocycles. The Morgan fingerprint density at radius 1 is 1.38 bits per heavy atom. The van der Waals surface area contributed by atoms with Crippen LogP contribution in [-0.4, -0.2) is 36.5 Å². The minimum absolute atomic E-state index is 0.323. The lowest BCUT2D eigenvalue weighted by molar-refractivity contribution is 0.0661. The van der Waals surface area contributed by atoms with Crippen LogP contribution in [0.1, 0.15) is 0 Å². The topological polar surface area (TPSA) is 73.3 Å². The van der Waals surface area contributed by atoms with Crippen molar-refractivity contribution in [3.63, 3.8) is 0 Å². The van der Waals surface area contributed by atoms with Crippen LogP contribution in [0, 0.1) is 0 Å². The second-order valence-electron chi connectivity index (χ2n) is 3.03. The Bertz CT molecular complexity index is 440. The molecule has 16 heavy (non-hydrogen) atoms. The van der Waals surface area contributed by atoms with E-state index in [1.54, 1.807) is 7.11 Å². The van der Waals surface area contributed by atoms with Gasteiger partial charge in [0.15, 0.2) is 0 Å². The fourth-order valence-electron chi connectivity index (χ4n) is 1.06. The molecule has 0 unspecified atom stereocenters. The van der Waals surface area contributed by atoms with Crippen molar-refractivity contribution in [2.24, 2.45) is 0 Å². The highest BCUT2D eigenvalue weighted by Gasteiger charge is 2.01. The van der Waals surface area contributed by atoms with Crippen LogP contribution in [0.25, 0.3) is 0 Å². The maximum atomic E-state index is 11.3. The van der Waals surface area contributed by atoms with Crippen LogP contribution in [0.5, 0.6) is 0 Å². The van der Waals surface area contributed by atoms with Crippen LogP contribution in [0.3, 0.4) is 0 Å². The van der Waals surface area contributed by atoms with Gasteiger partial charge in [-0.3, -0.25) is 14.3 Å². The predicted molar refractivity (Wildman–Crippen MR) is 61.7 cm³/mol. The SMILES string of the molecule is COCCOCCn1cc(Br)c(=O)[nH]c1=O. The van der Waals surface area contributed by atoms with Crippen molar-refractivity contribution < 1.29 is 9.47 Å². The van der Waals surface area contributed by atoms with Crippen molar-refractivity contribution in [2.75, 3.05) is 26.9 Å². The van der Waals surface area contributed by atoms with E-state index in [1.807, 2.05) is 0 Å².